The number of amides is 2. The summed E-state index contributed by atoms with van der Waals surface area (Å²) in [7, 11) is 0. The Hall–Kier alpha value is -1.80. The summed E-state index contributed by atoms with van der Waals surface area (Å²) in [5.41, 5.74) is 2.98. The van der Waals surface area contributed by atoms with E-state index < -0.39 is 0 Å². The van der Waals surface area contributed by atoms with Crippen molar-refractivity contribution in [1.29, 1.82) is 0 Å². The molecule has 4 rings (SSSR count). The Morgan fingerprint density at radius 3 is 2.28 bits per heavy atom. The Kier molecular flexibility index (Phi) is 4.33. The van der Waals surface area contributed by atoms with Gasteiger partial charge in [-0.3, -0.25) is 9.59 Å². The molecule has 2 amide bonds. The number of rotatable bonds is 2. The molecule has 0 saturated carbocycles. The van der Waals surface area contributed by atoms with E-state index >= 15 is 0 Å². The van der Waals surface area contributed by atoms with Crippen molar-refractivity contribution in [2.75, 3.05) is 19.6 Å². The van der Waals surface area contributed by atoms with Gasteiger partial charge < -0.3 is 9.80 Å². The lowest BCUT2D eigenvalue weighted by atomic mass is 9.91. The fraction of sp³-hybridized carbons (Fsp3) is 0.529. The lowest BCUT2D eigenvalue weighted by molar-refractivity contribution is 0.0564. The van der Waals surface area contributed by atoms with E-state index in [1.54, 1.807) is 0 Å². The van der Waals surface area contributed by atoms with Crippen molar-refractivity contribution in [3.63, 3.8) is 0 Å². The summed E-state index contributed by atoms with van der Waals surface area (Å²) in [6.45, 7) is 5.85. The molecule has 2 aromatic heterocycles. The molecule has 4 heterocycles. The fourth-order valence-electron chi connectivity index (χ4n) is 3.92. The van der Waals surface area contributed by atoms with Crippen LogP contribution in [0.25, 0.3) is 0 Å². The Balaban J connectivity index is 1.54. The van der Waals surface area contributed by atoms with Crippen LogP contribution in [0.4, 0.5) is 0 Å². The van der Waals surface area contributed by atoms with Crippen molar-refractivity contribution in [2.24, 2.45) is 5.92 Å². The molecule has 2 atom stereocenters. The second-order valence-electron chi connectivity index (χ2n) is 6.81. The zero-order chi connectivity index (χ0) is 17.6. The highest BCUT2D eigenvalue weighted by molar-refractivity contribution is 7.04. The molecule has 2 aliphatic rings. The number of piperidine rings is 1. The van der Waals surface area contributed by atoms with Gasteiger partial charge in [-0.15, -0.1) is 0 Å². The van der Waals surface area contributed by atoms with E-state index in [-0.39, 0.29) is 17.9 Å². The lowest BCUT2D eigenvalue weighted by Crippen LogP contribution is -2.48. The maximum Gasteiger partial charge on any atom is 0.256 e. The summed E-state index contributed by atoms with van der Waals surface area (Å²) in [5, 5.41) is 3.66. The Morgan fingerprint density at radius 1 is 1.04 bits per heavy atom. The van der Waals surface area contributed by atoms with Crippen molar-refractivity contribution >= 4 is 34.9 Å². The van der Waals surface area contributed by atoms with Crippen LogP contribution in [0.2, 0.25) is 0 Å². The Labute approximate surface area is 154 Å². The first-order valence-corrected chi connectivity index (χ1v) is 10.2. The molecule has 0 aromatic carbocycles. The van der Waals surface area contributed by atoms with Crippen LogP contribution in [-0.4, -0.2) is 56.0 Å². The van der Waals surface area contributed by atoms with Gasteiger partial charge in [0.25, 0.3) is 11.8 Å². The zero-order valence-corrected chi connectivity index (χ0v) is 15.9. The van der Waals surface area contributed by atoms with Crippen LogP contribution >= 0.6 is 23.1 Å². The van der Waals surface area contributed by atoms with Crippen LogP contribution in [-0.2, 0) is 0 Å². The van der Waals surface area contributed by atoms with Crippen LogP contribution in [0, 0.1) is 19.8 Å². The van der Waals surface area contributed by atoms with Crippen molar-refractivity contribution in [1.82, 2.24) is 18.5 Å². The summed E-state index contributed by atoms with van der Waals surface area (Å²) in [5.74, 6) is 0.463. The minimum atomic E-state index is 0.0430. The number of likely N-dealkylation sites (tertiary alicyclic amines) is 2. The van der Waals surface area contributed by atoms with Gasteiger partial charge in [0.2, 0.25) is 0 Å². The van der Waals surface area contributed by atoms with Gasteiger partial charge in [-0.1, -0.05) is 0 Å². The van der Waals surface area contributed by atoms with Crippen molar-refractivity contribution in [3.05, 3.63) is 33.3 Å². The highest BCUT2D eigenvalue weighted by Gasteiger charge is 2.43. The van der Waals surface area contributed by atoms with E-state index in [2.05, 4.69) is 8.75 Å². The molecule has 8 heteroatoms. The summed E-state index contributed by atoms with van der Waals surface area (Å²) in [4.78, 5) is 29.6. The first-order chi connectivity index (χ1) is 12.1. The number of nitrogens with zero attached hydrogens (tertiary/aromatic N) is 4. The molecule has 132 valence electrons. The molecule has 0 aliphatic carbocycles. The number of aromatic nitrogens is 2. The normalized spacial score (nSPS) is 23.0. The largest absolute Gasteiger partial charge is 0.336 e. The van der Waals surface area contributed by atoms with Gasteiger partial charge in [0.05, 0.1) is 28.6 Å². The molecular weight excluding hydrogens is 356 g/mol. The number of hydrogen-bond acceptors (Lipinski definition) is 6. The molecule has 0 radical (unpaired) electrons. The van der Waals surface area contributed by atoms with Crippen LogP contribution < -0.4 is 0 Å². The molecule has 2 saturated heterocycles. The van der Waals surface area contributed by atoms with Gasteiger partial charge in [-0.05, 0) is 55.7 Å². The highest BCUT2D eigenvalue weighted by Crippen LogP contribution is 2.33. The number of aryl methyl sites for hydroxylation is 2. The third-order valence-corrected chi connectivity index (χ3v) is 6.73. The van der Waals surface area contributed by atoms with E-state index in [4.69, 9.17) is 0 Å². The molecular formula is C17H20N4O2S2. The third-order valence-electron chi connectivity index (χ3n) is 5.29. The summed E-state index contributed by atoms with van der Waals surface area (Å²) < 4.78 is 8.44. The molecule has 0 N–H and O–H groups in total. The highest BCUT2D eigenvalue weighted by atomic mass is 32.1. The Morgan fingerprint density at radius 2 is 1.68 bits per heavy atom. The number of fused-ring (bicyclic) bond motifs is 1. The minimum absolute atomic E-state index is 0.0430. The van der Waals surface area contributed by atoms with E-state index in [0.29, 0.717) is 23.6 Å². The second kappa shape index (κ2) is 6.49. The van der Waals surface area contributed by atoms with Crippen molar-refractivity contribution in [2.45, 2.75) is 32.7 Å². The zero-order valence-electron chi connectivity index (χ0n) is 14.3. The SMILES string of the molecule is Cc1nscc1C(=O)N1C[C@@H]2CCCN(C(=O)c3csnc3C)[C@@H]2C1. The quantitative estimate of drug-likeness (QED) is 0.808. The van der Waals surface area contributed by atoms with Gasteiger partial charge >= 0.3 is 0 Å². The summed E-state index contributed by atoms with van der Waals surface area (Å²) in [6, 6.07) is 0.108. The monoisotopic (exact) mass is 376 g/mol. The van der Waals surface area contributed by atoms with Crippen LogP contribution in [0.5, 0.6) is 0 Å². The van der Waals surface area contributed by atoms with Gasteiger partial charge in [0, 0.05) is 30.4 Å². The standard InChI is InChI=1S/C17H20N4O2S2/c1-10-13(8-24-18-10)16(22)20-6-12-4-3-5-21(15(12)7-20)17(23)14-9-25-19-11(14)2/h8-9,12,15H,3-7H2,1-2H3/t12-,15+/m0/s1. The number of carbonyl (C=O) groups excluding carboxylic acids is 2. The molecule has 0 bridgehead atoms. The van der Waals surface area contributed by atoms with E-state index in [1.165, 1.54) is 23.1 Å². The fourth-order valence-corrected chi connectivity index (χ4v) is 5.29. The smallest absolute Gasteiger partial charge is 0.256 e. The van der Waals surface area contributed by atoms with Gasteiger partial charge in [-0.25, -0.2) is 0 Å². The average molecular weight is 377 g/mol. The maximum atomic E-state index is 13.0. The van der Waals surface area contributed by atoms with Crippen molar-refractivity contribution in [3.8, 4) is 0 Å². The molecule has 25 heavy (non-hydrogen) atoms. The maximum absolute atomic E-state index is 13.0. The molecule has 0 spiro atoms. The Bertz CT molecular complexity index is 815. The average Bonchev–Trinajstić information content (AvgIpc) is 3.32. The van der Waals surface area contributed by atoms with Gasteiger partial charge in [-0.2, -0.15) is 8.75 Å². The molecule has 0 unspecified atom stereocenters. The predicted molar refractivity (Wildman–Crippen MR) is 97.2 cm³/mol. The first kappa shape index (κ1) is 16.7. The van der Waals surface area contributed by atoms with E-state index in [0.717, 1.165) is 37.3 Å². The number of hydrogen-bond donors (Lipinski definition) is 0. The van der Waals surface area contributed by atoms with Crippen LogP contribution in [0.15, 0.2) is 10.8 Å². The molecule has 2 fully saturated rings. The minimum Gasteiger partial charge on any atom is -0.336 e. The van der Waals surface area contributed by atoms with Gasteiger partial charge in [0.1, 0.15) is 0 Å². The summed E-state index contributed by atoms with van der Waals surface area (Å²) >= 11 is 2.64. The third kappa shape index (κ3) is 2.87. The van der Waals surface area contributed by atoms with E-state index in [1.807, 2.05) is 34.4 Å². The van der Waals surface area contributed by atoms with Crippen LogP contribution in [0.1, 0.15) is 44.9 Å². The first-order valence-electron chi connectivity index (χ1n) is 8.48. The van der Waals surface area contributed by atoms with E-state index in [9.17, 15) is 9.59 Å². The molecule has 2 aliphatic heterocycles. The van der Waals surface area contributed by atoms with Crippen LogP contribution in [0.3, 0.4) is 0 Å². The number of carbonyl (C=O) groups is 2. The lowest BCUT2D eigenvalue weighted by Gasteiger charge is -2.36. The predicted octanol–water partition coefficient (Wildman–Crippen LogP) is 2.59. The topological polar surface area (TPSA) is 66.4 Å². The molecule has 2 aromatic rings. The summed E-state index contributed by atoms with van der Waals surface area (Å²) in [6.07, 6.45) is 2.06. The van der Waals surface area contributed by atoms with Crippen molar-refractivity contribution < 1.29 is 9.59 Å². The second-order valence-corrected chi connectivity index (χ2v) is 8.06. The molecule has 6 nitrogen and oxygen atoms in total. The van der Waals surface area contributed by atoms with Gasteiger partial charge in [0.15, 0.2) is 0 Å².